The third-order valence-electron chi connectivity index (χ3n) is 4.00. The molecule has 0 aliphatic heterocycles. The minimum absolute atomic E-state index is 0.0668. The standard InChI is InChI=1S/C19H19N5O3S/c1-2-23-17(12-18(25)20-15-6-4-3-5-7-15)21-22-19(23)28-13-14-8-10-16(11-9-14)24(26)27/h3-11H,2,12-13H2,1H3,(H,20,25). The van der Waals surface area contributed by atoms with Crippen LogP contribution in [0, 0.1) is 10.1 Å². The second-order valence-electron chi connectivity index (χ2n) is 5.95. The quantitative estimate of drug-likeness (QED) is 0.353. The van der Waals surface area contributed by atoms with Crippen LogP contribution in [0.5, 0.6) is 0 Å². The van der Waals surface area contributed by atoms with Gasteiger partial charge in [-0.1, -0.05) is 42.1 Å². The van der Waals surface area contributed by atoms with Crippen LogP contribution < -0.4 is 5.32 Å². The summed E-state index contributed by atoms with van der Waals surface area (Å²) in [6, 6.07) is 15.7. The smallest absolute Gasteiger partial charge is 0.269 e. The van der Waals surface area contributed by atoms with Crippen LogP contribution in [-0.2, 0) is 23.5 Å². The molecule has 1 aromatic heterocycles. The van der Waals surface area contributed by atoms with Crippen LogP contribution in [0.4, 0.5) is 11.4 Å². The number of nitro groups is 1. The van der Waals surface area contributed by atoms with Crippen LogP contribution in [-0.4, -0.2) is 25.6 Å². The van der Waals surface area contributed by atoms with E-state index in [1.807, 2.05) is 41.8 Å². The molecule has 0 unspecified atom stereocenters. The number of hydrogen-bond donors (Lipinski definition) is 1. The highest BCUT2D eigenvalue weighted by Gasteiger charge is 2.15. The van der Waals surface area contributed by atoms with Gasteiger partial charge in [-0.2, -0.15) is 0 Å². The van der Waals surface area contributed by atoms with Gasteiger partial charge in [-0.05, 0) is 24.6 Å². The molecule has 3 aromatic rings. The maximum atomic E-state index is 12.3. The van der Waals surface area contributed by atoms with E-state index in [1.54, 1.807) is 12.1 Å². The zero-order valence-corrected chi connectivity index (χ0v) is 16.1. The molecule has 8 nitrogen and oxygen atoms in total. The van der Waals surface area contributed by atoms with Crippen molar-refractivity contribution in [3.8, 4) is 0 Å². The monoisotopic (exact) mass is 397 g/mol. The first-order valence-electron chi connectivity index (χ1n) is 8.70. The fourth-order valence-electron chi connectivity index (χ4n) is 2.61. The summed E-state index contributed by atoms with van der Waals surface area (Å²) in [4.78, 5) is 22.6. The highest BCUT2D eigenvalue weighted by Crippen LogP contribution is 2.23. The Morgan fingerprint density at radius 3 is 2.50 bits per heavy atom. The van der Waals surface area contributed by atoms with Gasteiger partial charge in [0, 0.05) is 30.1 Å². The molecule has 3 rings (SSSR count). The predicted molar refractivity (Wildman–Crippen MR) is 107 cm³/mol. The number of hydrogen-bond acceptors (Lipinski definition) is 6. The molecule has 0 atom stereocenters. The second kappa shape index (κ2) is 9.14. The zero-order valence-electron chi connectivity index (χ0n) is 15.2. The van der Waals surface area contributed by atoms with E-state index in [1.165, 1.54) is 23.9 Å². The third-order valence-corrected chi connectivity index (χ3v) is 5.04. The number of non-ortho nitro benzene ring substituents is 1. The van der Waals surface area contributed by atoms with Crippen LogP contribution in [0.15, 0.2) is 59.8 Å². The number of nitro benzene ring substituents is 1. The predicted octanol–water partition coefficient (Wildman–Crippen LogP) is 3.68. The van der Waals surface area contributed by atoms with Crippen LogP contribution in [0.3, 0.4) is 0 Å². The largest absolute Gasteiger partial charge is 0.326 e. The molecule has 2 aromatic carbocycles. The Morgan fingerprint density at radius 2 is 1.86 bits per heavy atom. The van der Waals surface area contributed by atoms with Gasteiger partial charge in [0.15, 0.2) is 5.16 Å². The Labute approximate surface area is 166 Å². The van der Waals surface area contributed by atoms with Crippen molar-refractivity contribution in [1.29, 1.82) is 0 Å². The van der Waals surface area contributed by atoms with E-state index in [0.29, 0.717) is 23.3 Å². The highest BCUT2D eigenvalue weighted by molar-refractivity contribution is 7.98. The first-order valence-corrected chi connectivity index (χ1v) is 9.68. The molecule has 0 aliphatic rings. The summed E-state index contributed by atoms with van der Waals surface area (Å²) in [5, 5.41) is 22.6. The molecule has 0 fully saturated rings. The third kappa shape index (κ3) is 4.95. The fourth-order valence-corrected chi connectivity index (χ4v) is 3.58. The van der Waals surface area contributed by atoms with Crippen molar-refractivity contribution in [3.05, 3.63) is 76.1 Å². The number of benzene rings is 2. The number of anilines is 1. The van der Waals surface area contributed by atoms with Gasteiger partial charge < -0.3 is 9.88 Å². The first-order chi connectivity index (χ1) is 13.6. The van der Waals surface area contributed by atoms with E-state index in [0.717, 1.165) is 11.3 Å². The van der Waals surface area contributed by atoms with Crippen LogP contribution in [0.1, 0.15) is 18.3 Å². The summed E-state index contributed by atoms with van der Waals surface area (Å²) in [6.45, 7) is 2.61. The van der Waals surface area contributed by atoms with Crippen LogP contribution in [0.25, 0.3) is 0 Å². The molecule has 1 heterocycles. The number of para-hydroxylation sites is 1. The molecule has 28 heavy (non-hydrogen) atoms. The molecular weight excluding hydrogens is 378 g/mol. The number of aromatic nitrogens is 3. The van der Waals surface area contributed by atoms with E-state index >= 15 is 0 Å². The summed E-state index contributed by atoms with van der Waals surface area (Å²) < 4.78 is 1.90. The maximum absolute atomic E-state index is 12.3. The lowest BCUT2D eigenvalue weighted by Crippen LogP contribution is -2.17. The van der Waals surface area contributed by atoms with E-state index < -0.39 is 4.92 Å². The van der Waals surface area contributed by atoms with Crippen molar-refractivity contribution in [1.82, 2.24) is 14.8 Å². The molecule has 0 saturated carbocycles. The molecule has 0 bridgehead atoms. The minimum Gasteiger partial charge on any atom is -0.326 e. The average Bonchev–Trinajstić information content (AvgIpc) is 3.08. The van der Waals surface area contributed by atoms with Crippen molar-refractivity contribution in [2.75, 3.05) is 5.32 Å². The van der Waals surface area contributed by atoms with Crippen LogP contribution >= 0.6 is 11.8 Å². The lowest BCUT2D eigenvalue weighted by Gasteiger charge is -2.08. The number of nitrogens with one attached hydrogen (secondary N) is 1. The Hall–Kier alpha value is -3.20. The summed E-state index contributed by atoms with van der Waals surface area (Å²) in [5.74, 6) is 1.05. The Morgan fingerprint density at radius 1 is 1.14 bits per heavy atom. The van der Waals surface area contributed by atoms with Gasteiger partial charge in [0.05, 0.1) is 11.3 Å². The lowest BCUT2D eigenvalue weighted by molar-refractivity contribution is -0.384. The molecule has 144 valence electrons. The number of amides is 1. The Bertz CT molecular complexity index is 957. The van der Waals surface area contributed by atoms with Gasteiger partial charge in [-0.3, -0.25) is 14.9 Å². The molecule has 0 saturated heterocycles. The average molecular weight is 397 g/mol. The number of carbonyl (C=O) groups excluding carboxylic acids is 1. The number of nitrogens with zero attached hydrogens (tertiary/aromatic N) is 4. The molecule has 1 N–H and O–H groups in total. The summed E-state index contributed by atoms with van der Waals surface area (Å²) in [7, 11) is 0. The van der Waals surface area contributed by atoms with Gasteiger partial charge in [-0.15, -0.1) is 10.2 Å². The summed E-state index contributed by atoms with van der Waals surface area (Å²) >= 11 is 1.48. The maximum Gasteiger partial charge on any atom is 0.269 e. The molecule has 9 heteroatoms. The van der Waals surface area contributed by atoms with Crippen molar-refractivity contribution >= 4 is 29.0 Å². The van der Waals surface area contributed by atoms with Crippen molar-refractivity contribution in [3.63, 3.8) is 0 Å². The molecule has 0 spiro atoms. The Kier molecular flexibility index (Phi) is 6.38. The number of carbonyl (C=O) groups is 1. The zero-order chi connectivity index (χ0) is 19.9. The normalized spacial score (nSPS) is 10.6. The fraction of sp³-hybridized carbons (Fsp3) is 0.211. The van der Waals surface area contributed by atoms with E-state index in [-0.39, 0.29) is 18.0 Å². The SMILES string of the molecule is CCn1c(CC(=O)Nc2ccccc2)nnc1SCc1ccc([N+](=O)[O-])cc1. The van der Waals surface area contributed by atoms with Crippen LogP contribution in [0.2, 0.25) is 0 Å². The van der Waals surface area contributed by atoms with Gasteiger partial charge in [0.25, 0.3) is 5.69 Å². The summed E-state index contributed by atoms with van der Waals surface area (Å²) in [6.07, 6.45) is 0.133. The van der Waals surface area contributed by atoms with Gasteiger partial charge >= 0.3 is 0 Å². The van der Waals surface area contributed by atoms with Gasteiger partial charge in [0.2, 0.25) is 5.91 Å². The number of thioether (sulfide) groups is 1. The van der Waals surface area contributed by atoms with E-state index in [4.69, 9.17) is 0 Å². The molecule has 0 radical (unpaired) electrons. The van der Waals surface area contributed by atoms with Gasteiger partial charge in [-0.25, -0.2) is 0 Å². The van der Waals surface area contributed by atoms with Gasteiger partial charge in [0.1, 0.15) is 5.82 Å². The van der Waals surface area contributed by atoms with Crippen molar-refractivity contribution < 1.29 is 9.72 Å². The van der Waals surface area contributed by atoms with Crippen molar-refractivity contribution in [2.24, 2.45) is 0 Å². The lowest BCUT2D eigenvalue weighted by atomic mass is 10.2. The molecular formula is C19H19N5O3S. The second-order valence-corrected chi connectivity index (χ2v) is 6.89. The minimum atomic E-state index is -0.419. The molecule has 0 aliphatic carbocycles. The Balaban J connectivity index is 1.62. The highest BCUT2D eigenvalue weighted by atomic mass is 32.2. The summed E-state index contributed by atoms with van der Waals surface area (Å²) in [5.41, 5.74) is 1.75. The topological polar surface area (TPSA) is 103 Å². The first kappa shape index (κ1) is 19.6. The number of rotatable bonds is 8. The van der Waals surface area contributed by atoms with E-state index in [9.17, 15) is 14.9 Å². The van der Waals surface area contributed by atoms with E-state index in [2.05, 4.69) is 15.5 Å². The van der Waals surface area contributed by atoms with Crippen molar-refractivity contribution in [2.45, 2.75) is 30.8 Å². The molecule has 1 amide bonds.